The molecule has 0 radical (unpaired) electrons. The van der Waals surface area contributed by atoms with E-state index in [4.69, 9.17) is 32.7 Å². The van der Waals surface area contributed by atoms with Crippen molar-refractivity contribution in [1.82, 2.24) is 5.32 Å². The number of benzene rings is 3. The third-order valence-electron chi connectivity index (χ3n) is 4.07. The third-order valence-corrected chi connectivity index (χ3v) is 4.57. The average Bonchev–Trinajstić information content (AvgIpc) is 2.77. The largest absolute Gasteiger partial charge is 0.484 e. The number of nitrogens with one attached hydrogen (secondary N) is 2. The maximum atomic E-state index is 12.1. The van der Waals surface area contributed by atoms with Crippen molar-refractivity contribution in [3.63, 3.8) is 0 Å². The van der Waals surface area contributed by atoms with Gasteiger partial charge in [0.2, 0.25) is 0 Å². The van der Waals surface area contributed by atoms with Crippen LogP contribution < -0.4 is 20.1 Å². The molecular weight excluding hydrogens is 439 g/mol. The number of rotatable bonds is 9. The Kier molecular flexibility index (Phi) is 8.15. The lowest BCUT2D eigenvalue weighted by molar-refractivity contribution is -0.123. The van der Waals surface area contributed by atoms with Crippen molar-refractivity contribution in [3.8, 4) is 11.5 Å². The fourth-order valence-electron chi connectivity index (χ4n) is 2.57. The van der Waals surface area contributed by atoms with E-state index in [1.807, 2.05) is 6.07 Å². The van der Waals surface area contributed by atoms with Crippen LogP contribution in [0.15, 0.2) is 72.8 Å². The molecule has 0 aliphatic carbocycles. The Morgan fingerprint density at radius 1 is 0.742 bits per heavy atom. The molecule has 0 aliphatic rings. The molecule has 3 aromatic rings. The molecule has 0 bridgehead atoms. The Morgan fingerprint density at radius 3 is 1.87 bits per heavy atom. The molecule has 0 unspecified atom stereocenters. The summed E-state index contributed by atoms with van der Waals surface area (Å²) < 4.78 is 10.8. The Morgan fingerprint density at radius 2 is 1.29 bits per heavy atom. The van der Waals surface area contributed by atoms with Gasteiger partial charge in [0.25, 0.3) is 11.8 Å². The monoisotopic (exact) mass is 458 g/mol. The molecule has 0 atom stereocenters. The van der Waals surface area contributed by atoms with Gasteiger partial charge in [-0.2, -0.15) is 0 Å². The molecule has 31 heavy (non-hydrogen) atoms. The lowest BCUT2D eigenvalue weighted by atomic mass is 10.2. The summed E-state index contributed by atoms with van der Waals surface area (Å²) in [5.74, 6) is 0.551. The minimum absolute atomic E-state index is 0.111. The van der Waals surface area contributed by atoms with Gasteiger partial charge in [-0.15, -0.1) is 0 Å². The highest BCUT2D eigenvalue weighted by molar-refractivity contribution is 6.30. The maximum absolute atomic E-state index is 12.1. The van der Waals surface area contributed by atoms with E-state index in [9.17, 15) is 9.59 Å². The van der Waals surface area contributed by atoms with Gasteiger partial charge in [0, 0.05) is 22.3 Å². The van der Waals surface area contributed by atoms with E-state index in [0.717, 1.165) is 5.56 Å². The minimum Gasteiger partial charge on any atom is -0.484 e. The summed E-state index contributed by atoms with van der Waals surface area (Å²) in [6.45, 7) is 0.0541. The zero-order valence-electron chi connectivity index (χ0n) is 16.4. The summed E-state index contributed by atoms with van der Waals surface area (Å²) in [4.78, 5) is 24.1. The number of hydrogen-bond acceptors (Lipinski definition) is 4. The summed E-state index contributed by atoms with van der Waals surface area (Å²) >= 11 is 11.6. The fraction of sp³-hybridized carbons (Fsp3) is 0.130. The van der Waals surface area contributed by atoms with Crippen molar-refractivity contribution < 1.29 is 19.1 Å². The quantitative estimate of drug-likeness (QED) is 0.486. The lowest BCUT2D eigenvalue weighted by Crippen LogP contribution is -2.28. The van der Waals surface area contributed by atoms with E-state index in [1.54, 1.807) is 66.7 Å². The molecule has 0 spiro atoms. The van der Waals surface area contributed by atoms with Gasteiger partial charge in [0.1, 0.15) is 11.5 Å². The Hall–Kier alpha value is -3.22. The normalized spacial score (nSPS) is 10.3. The molecule has 2 N–H and O–H groups in total. The molecule has 6 nitrogen and oxygen atoms in total. The number of amides is 2. The van der Waals surface area contributed by atoms with Crippen molar-refractivity contribution in [1.29, 1.82) is 0 Å². The van der Waals surface area contributed by atoms with Crippen LogP contribution in [0.4, 0.5) is 5.69 Å². The highest BCUT2D eigenvalue weighted by atomic mass is 35.5. The van der Waals surface area contributed by atoms with Gasteiger partial charge in [0.15, 0.2) is 13.2 Å². The fourth-order valence-corrected chi connectivity index (χ4v) is 2.82. The van der Waals surface area contributed by atoms with Crippen LogP contribution in [0.5, 0.6) is 11.5 Å². The molecule has 0 heterocycles. The van der Waals surface area contributed by atoms with Gasteiger partial charge in [0.05, 0.1) is 0 Å². The Bertz CT molecular complexity index is 1020. The topological polar surface area (TPSA) is 76.7 Å². The summed E-state index contributed by atoms with van der Waals surface area (Å²) in [6, 6.07) is 20.7. The zero-order valence-corrected chi connectivity index (χ0v) is 18.0. The standard InChI is InChI=1S/C23H20Cl2N2O4/c24-17-4-8-20(9-5-17)30-14-22(28)26-13-16-2-1-3-19(12-16)27-23(29)15-31-21-10-6-18(25)7-11-21/h1-12H,13-15H2,(H,26,28)(H,27,29). The molecule has 0 fully saturated rings. The van der Waals surface area contributed by atoms with Crippen LogP contribution in [0.25, 0.3) is 0 Å². The molecule has 2 amide bonds. The van der Waals surface area contributed by atoms with E-state index >= 15 is 0 Å². The van der Waals surface area contributed by atoms with Gasteiger partial charge >= 0.3 is 0 Å². The number of carbonyl (C=O) groups excluding carboxylic acids is 2. The molecule has 0 aliphatic heterocycles. The lowest BCUT2D eigenvalue weighted by Gasteiger charge is -2.10. The van der Waals surface area contributed by atoms with Crippen LogP contribution in [0.2, 0.25) is 10.0 Å². The second kappa shape index (κ2) is 11.2. The van der Waals surface area contributed by atoms with Crippen LogP contribution in [0.1, 0.15) is 5.56 Å². The summed E-state index contributed by atoms with van der Waals surface area (Å²) in [6.07, 6.45) is 0. The van der Waals surface area contributed by atoms with E-state index in [0.29, 0.717) is 33.8 Å². The summed E-state index contributed by atoms with van der Waals surface area (Å²) in [5, 5.41) is 6.73. The second-order valence-corrected chi connectivity index (χ2v) is 7.38. The molecule has 0 saturated heterocycles. The van der Waals surface area contributed by atoms with E-state index in [1.165, 1.54) is 0 Å². The van der Waals surface area contributed by atoms with Gasteiger partial charge in [-0.25, -0.2) is 0 Å². The molecule has 160 valence electrons. The van der Waals surface area contributed by atoms with Crippen LogP contribution >= 0.6 is 23.2 Å². The molecule has 8 heteroatoms. The van der Waals surface area contributed by atoms with Gasteiger partial charge in [-0.3, -0.25) is 9.59 Å². The predicted molar refractivity (Wildman–Crippen MR) is 121 cm³/mol. The van der Waals surface area contributed by atoms with Crippen molar-refractivity contribution in [3.05, 3.63) is 88.4 Å². The molecule has 3 rings (SSSR count). The first-order chi connectivity index (χ1) is 15.0. The summed E-state index contributed by atoms with van der Waals surface area (Å²) in [7, 11) is 0. The first kappa shape index (κ1) is 22.5. The van der Waals surface area contributed by atoms with E-state index in [2.05, 4.69) is 10.6 Å². The summed E-state index contributed by atoms with van der Waals surface area (Å²) in [5.41, 5.74) is 1.44. The molecule has 3 aromatic carbocycles. The molecule has 0 saturated carbocycles. The zero-order chi connectivity index (χ0) is 22.1. The highest BCUT2D eigenvalue weighted by Crippen LogP contribution is 2.16. The van der Waals surface area contributed by atoms with Gasteiger partial charge in [-0.05, 0) is 66.2 Å². The van der Waals surface area contributed by atoms with Crippen molar-refractivity contribution in [2.75, 3.05) is 18.5 Å². The van der Waals surface area contributed by atoms with E-state index < -0.39 is 0 Å². The number of halogens is 2. The Balaban J connectivity index is 1.42. The number of carbonyl (C=O) groups is 2. The molecular formula is C23H20Cl2N2O4. The van der Waals surface area contributed by atoms with Crippen molar-refractivity contribution in [2.24, 2.45) is 0 Å². The van der Waals surface area contributed by atoms with Gasteiger partial charge in [-0.1, -0.05) is 35.3 Å². The number of ether oxygens (including phenoxy) is 2. The van der Waals surface area contributed by atoms with Crippen molar-refractivity contribution >= 4 is 40.7 Å². The SMILES string of the molecule is O=C(COc1ccc(Cl)cc1)NCc1cccc(NC(=O)COc2ccc(Cl)cc2)c1. The first-order valence-corrected chi connectivity index (χ1v) is 10.2. The number of hydrogen-bond donors (Lipinski definition) is 2. The van der Waals surface area contributed by atoms with Crippen molar-refractivity contribution in [2.45, 2.75) is 6.54 Å². The highest BCUT2D eigenvalue weighted by Gasteiger charge is 2.06. The minimum atomic E-state index is -0.299. The maximum Gasteiger partial charge on any atom is 0.262 e. The van der Waals surface area contributed by atoms with Crippen LogP contribution in [-0.4, -0.2) is 25.0 Å². The first-order valence-electron chi connectivity index (χ1n) is 9.40. The predicted octanol–water partition coefficient (Wildman–Crippen LogP) is 4.71. The van der Waals surface area contributed by atoms with E-state index in [-0.39, 0.29) is 25.0 Å². The smallest absolute Gasteiger partial charge is 0.262 e. The number of anilines is 1. The van der Waals surface area contributed by atoms with Crippen LogP contribution in [-0.2, 0) is 16.1 Å². The average molecular weight is 459 g/mol. The third kappa shape index (κ3) is 7.85. The van der Waals surface area contributed by atoms with Crippen LogP contribution in [0, 0.1) is 0 Å². The van der Waals surface area contributed by atoms with Gasteiger partial charge < -0.3 is 20.1 Å². The molecule has 0 aromatic heterocycles. The van der Waals surface area contributed by atoms with Crippen LogP contribution in [0.3, 0.4) is 0 Å². The second-order valence-electron chi connectivity index (χ2n) is 6.51. The Labute approximate surface area is 190 Å².